The van der Waals surface area contributed by atoms with E-state index in [1.54, 1.807) is 25.6 Å². The molecule has 8 heteroatoms. The molecule has 3 aromatic carbocycles. The Bertz CT molecular complexity index is 1530. The first-order valence-electron chi connectivity index (χ1n) is 14.3. The zero-order valence-corrected chi connectivity index (χ0v) is 23.5. The van der Waals surface area contributed by atoms with Crippen molar-refractivity contribution in [1.82, 2.24) is 14.9 Å². The number of anilines is 1. The molecule has 0 spiro atoms. The molecule has 0 bridgehead atoms. The second kappa shape index (κ2) is 11.4. The Morgan fingerprint density at radius 1 is 1.02 bits per heavy atom. The Morgan fingerprint density at radius 2 is 1.76 bits per heavy atom. The minimum Gasteiger partial charge on any atom is -0.493 e. The number of halogens is 1. The van der Waals surface area contributed by atoms with Crippen molar-refractivity contribution in [2.45, 2.75) is 38.0 Å². The van der Waals surface area contributed by atoms with Crippen LogP contribution in [0.1, 0.15) is 38.2 Å². The number of aromatic nitrogens is 2. The molecule has 2 aliphatic rings. The Kier molecular flexibility index (Phi) is 7.58. The molecular weight excluding hydrogens is 519 g/mol. The molecule has 1 aromatic heterocycles. The van der Waals surface area contributed by atoms with E-state index in [4.69, 9.17) is 9.47 Å². The van der Waals surface area contributed by atoms with Crippen LogP contribution < -0.4 is 14.8 Å². The van der Waals surface area contributed by atoms with Gasteiger partial charge < -0.3 is 19.7 Å². The van der Waals surface area contributed by atoms with Crippen LogP contribution in [0.5, 0.6) is 11.5 Å². The number of rotatable bonds is 9. The SMILES string of the molecule is CCN1CCC(COc2cc3ncnc(-c4ccc(NC(=O)C5(c6ccc(F)cc6)CC5)cc4)c3cc2OC)CC1. The largest absolute Gasteiger partial charge is 0.493 e. The number of nitrogens with one attached hydrogen (secondary N) is 1. The Hall–Kier alpha value is -4.04. The molecule has 6 rings (SSSR count). The first-order valence-corrected chi connectivity index (χ1v) is 14.3. The van der Waals surface area contributed by atoms with E-state index >= 15 is 0 Å². The zero-order chi connectivity index (χ0) is 28.4. The van der Waals surface area contributed by atoms with E-state index in [2.05, 4.69) is 27.1 Å². The van der Waals surface area contributed by atoms with Crippen LogP contribution in [0, 0.1) is 11.7 Å². The van der Waals surface area contributed by atoms with Gasteiger partial charge >= 0.3 is 0 Å². The van der Waals surface area contributed by atoms with Crippen molar-refractivity contribution < 1.29 is 18.7 Å². The average molecular weight is 555 g/mol. The van der Waals surface area contributed by atoms with Gasteiger partial charge in [0.25, 0.3) is 0 Å². The minimum atomic E-state index is -0.585. The highest BCUT2D eigenvalue weighted by molar-refractivity contribution is 6.01. The van der Waals surface area contributed by atoms with Crippen LogP contribution in [0.25, 0.3) is 22.2 Å². The molecule has 1 aliphatic carbocycles. The smallest absolute Gasteiger partial charge is 0.235 e. The maximum atomic E-state index is 13.4. The van der Waals surface area contributed by atoms with Crippen LogP contribution in [-0.4, -0.2) is 54.1 Å². The first-order chi connectivity index (χ1) is 20.0. The summed E-state index contributed by atoms with van der Waals surface area (Å²) in [5.74, 6) is 1.50. The summed E-state index contributed by atoms with van der Waals surface area (Å²) in [6.07, 6.45) is 5.34. The molecule has 2 heterocycles. The van der Waals surface area contributed by atoms with Crippen LogP contribution in [0.15, 0.2) is 67.0 Å². The average Bonchev–Trinajstić information content (AvgIpc) is 3.82. The van der Waals surface area contributed by atoms with Crippen LogP contribution in [0.2, 0.25) is 0 Å². The molecule has 1 saturated heterocycles. The van der Waals surface area contributed by atoms with Gasteiger partial charge in [-0.2, -0.15) is 0 Å². The van der Waals surface area contributed by atoms with Crippen molar-refractivity contribution in [3.8, 4) is 22.8 Å². The van der Waals surface area contributed by atoms with E-state index in [1.807, 2.05) is 36.4 Å². The third-order valence-electron chi connectivity index (χ3n) is 8.55. The maximum absolute atomic E-state index is 13.4. The summed E-state index contributed by atoms with van der Waals surface area (Å²) in [6.45, 7) is 6.21. The van der Waals surface area contributed by atoms with Gasteiger partial charge in [0, 0.05) is 22.7 Å². The molecule has 2 fully saturated rings. The van der Waals surface area contributed by atoms with Crippen molar-refractivity contribution >= 4 is 22.5 Å². The Labute approximate surface area is 239 Å². The fraction of sp³-hybridized carbons (Fsp3) is 0.364. The zero-order valence-electron chi connectivity index (χ0n) is 23.5. The number of piperidine rings is 1. The highest BCUT2D eigenvalue weighted by atomic mass is 19.1. The fourth-order valence-electron chi connectivity index (χ4n) is 5.75. The molecule has 4 aromatic rings. The van der Waals surface area contributed by atoms with E-state index in [-0.39, 0.29) is 11.7 Å². The number of fused-ring (bicyclic) bond motifs is 1. The van der Waals surface area contributed by atoms with E-state index < -0.39 is 5.41 Å². The van der Waals surface area contributed by atoms with E-state index in [1.165, 1.54) is 12.1 Å². The van der Waals surface area contributed by atoms with Gasteiger partial charge in [-0.05, 0) is 87.1 Å². The van der Waals surface area contributed by atoms with Crippen molar-refractivity contribution in [1.29, 1.82) is 0 Å². The van der Waals surface area contributed by atoms with Gasteiger partial charge in [0.15, 0.2) is 11.5 Å². The van der Waals surface area contributed by atoms with Crippen LogP contribution in [-0.2, 0) is 10.2 Å². The number of carbonyl (C=O) groups is 1. The van der Waals surface area contributed by atoms with Crippen molar-refractivity contribution in [3.05, 3.63) is 78.4 Å². The lowest BCUT2D eigenvalue weighted by atomic mass is 9.95. The number of hydrogen-bond donors (Lipinski definition) is 1. The molecule has 1 amide bonds. The first kappa shape index (κ1) is 27.1. The number of hydrogen-bond acceptors (Lipinski definition) is 6. The topological polar surface area (TPSA) is 76.6 Å². The monoisotopic (exact) mass is 554 g/mol. The van der Waals surface area contributed by atoms with Gasteiger partial charge in [0.2, 0.25) is 5.91 Å². The molecule has 0 unspecified atom stereocenters. The van der Waals surface area contributed by atoms with Crippen LogP contribution >= 0.6 is 0 Å². The summed E-state index contributed by atoms with van der Waals surface area (Å²) in [6, 6.07) is 17.7. The summed E-state index contributed by atoms with van der Waals surface area (Å²) in [4.78, 5) is 24.7. The molecule has 41 heavy (non-hydrogen) atoms. The highest BCUT2D eigenvalue weighted by Crippen LogP contribution is 2.49. The number of methoxy groups -OCH3 is 1. The Morgan fingerprint density at radius 3 is 2.41 bits per heavy atom. The summed E-state index contributed by atoms with van der Waals surface area (Å²) in [7, 11) is 1.65. The van der Waals surface area contributed by atoms with Gasteiger partial charge in [-0.15, -0.1) is 0 Å². The molecule has 0 atom stereocenters. The number of ether oxygens (including phenoxy) is 2. The third kappa shape index (κ3) is 5.61. The fourth-order valence-corrected chi connectivity index (χ4v) is 5.75. The normalized spacial score (nSPS) is 16.9. The van der Waals surface area contributed by atoms with Gasteiger partial charge in [-0.1, -0.05) is 31.2 Å². The number of carbonyl (C=O) groups excluding carboxylic acids is 1. The van der Waals surface area contributed by atoms with Crippen molar-refractivity contribution in [2.75, 3.05) is 38.7 Å². The van der Waals surface area contributed by atoms with Gasteiger partial charge in [-0.3, -0.25) is 4.79 Å². The summed E-state index contributed by atoms with van der Waals surface area (Å²) in [5, 5.41) is 3.90. The second-order valence-corrected chi connectivity index (χ2v) is 11.1. The van der Waals surface area contributed by atoms with Gasteiger partial charge in [0.05, 0.1) is 30.3 Å². The standard InChI is InChI=1S/C33H35FN4O3/c1-3-38-16-12-22(13-17-38)20-41-30-19-28-27(18-29(30)40-2)31(36-21-35-28)23-4-10-26(11-5-23)37-32(39)33(14-15-33)24-6-8-25(34)9-7-24/h4-11,18-19,21-22H,3,12-17,20H2,1-2H3,(H,37,39). The van der Waals surface area contributed by atoms with E-state index in [0.29, 0.717) is 29.7 Å². The molecule has 7 nitrogen and oxygen atoms in total. The number of nitrogens with zero attached hydrogens (tertiary/aromatic N) is 3. The van der Waals surface area contributed by atoms with E-state index in [0.717, 1.165) is 73.0 Å². The number of benzene rings is 3. The summed E-state index contributed by atoms with van der Waals surface area (Å²) in [5.41, 5.74) is 3.41. The van der Waals surface area contributed by atoms with E-state index in [9.17, 15) is 9.18 Å². The summed E-state index contributed by atoms with van der Waals surface area (Å²) >= 11 is 0. The molecular formula is C33H35FN4O3. The molecule has 1 aliphatic heterocycles. The van der Waals surface area contributed by atoms with Gasteiger partial charge in [0.1, 0.15) is 12.1 Å². The highest BCUT2D eigenvalue weighted by Gasteiger charge is 2.51. The molecule has 0 radical (unpaired) electrons. The lowest BCUT2D eigenvalue weighted by molar-refractivity contribution is -0.118. The van der Waals surface area contributed by atoms with Crippen LogP contribution in [0.4, 0.5) is 10.1 Å². The Balaban J connectivity index is 1.18. The number of likely N-dealkylation sites (tertiary alicyclic amines) is 1. The summed E-state index contributed by atoms with van der Waals surface area (Å²) < 4.78 is 25.3. The third-order valence-corrected chi connectivity index (χ3v) is 8.55. The molecule has 212 valence electrons. The van der Waals surface area contributed by atoms with Crippen LogP contribution in [0.3, 0.4) is 0 Å². The van der Waals surface area contributed by atoms with Gasteiger partial charge in [-0.25, -0.2) is 14.4 Å². The van der Waals surface area contributed by atoms with Crippen molar-refractivity contribution in [3.63, 3.8) is 0 Å². The minimum absolute atomic E-state index is 0.0717. The second-order valence-electron chi connectivity index (χ2n) is 11.1. The predicted octanol–water partition coefficient (Wildman–Crippen LogP) is 6.23. The maximum Gasteiger partial charge on any atom is 0.235 e. The van der Waals surface area contributed by atoms with Crippen molar-refractivity contribution in [2.24, 2.45) is 5.92 Å². The molecule has 1 saturated carbocycles. The lowest BCUT2D eigenvalue weighted by Crippen LogP contribution is -2.35. The quantitative estimate of drug-likeness (QED) is 0.265. The lowest BCUT2D eigenvalue weighted by Gasteiger charge is -2.30. The number of amides is 1. The molecule has 1 N–H and O–H groups in total. The predicted molar refractivity (Wildman–Crippen MR) is 158 cm³/mol.